The van der Waals surface area contributed by atoms with Crippen molar-refractivity contribution >= 4 is 102 Å². The second kappa shape index (κ2) is 12.1. The maximum absolute atomic E-state index is 14.2. The minimum absolute atomic E-state index is 0.159. The number of nitrogens with zero attached hydrogens (tertiary/aromatic N) is 4. The molecule has 0 bridgehead atoms. The summed E-state index contributed by atoms with van der Waals surface area (Å²) in [6, 6.07) is 14.7. The highest BCUT2D eigenvalue weighted by atomic mass is 35.5. The van der Waals surface area contributed by atoms with E-state index in [0.717, 1.165) is 11.1 Å². The van der Waals surface area contributed by atoms with E-state index in [9.17, 15) is 13.2 Å². The Kier molecular flexibility index (Phi) is 9.41. The van der Waals surface area contributed by atoms with Crippen LogP contribution in [0.4, 0.5) is 0 Å². The van der Waals surface area contributed by atoms with Gasteiger partial charge in [0.2, 0.25) is 0 Å². The van der Waals surface area contributed by atoms with E-state index >= 15 is 0 Å². The average Bonchev–Trinajstić information content (AvgIpc) is 3.29. The Morgan fingerprint density at radius 1 is 0.956 bits per heavy atom. The molecule has 19 heteroatoms. The van der Waals surface area contributed by atoms with Gasteiger partial charge in [-0.3, -0.25) is 10.2 Å². The summed E-state index contributed by atoms with van der Waals surface area (Å²) in [4.78, 5) is 14.2. The fraction of sp³-hybridized carbons (Fsp3) is 0.269. The molecule has 0 aliphatic carbocycles. The second-order valence-electron chi connectivity index (χ2n) is 13.3. The zero-order chi connectivity index (χ0) is 33.8. The van der Waals surface area contributed by atoms with Gasteiger partial charge in [0.05, 0.1) is 22.5 Å². The predicted molar refractivity (Wildman–Crippen MR) is 203 cm³/mol. The Hall–Kier alpha value is -2.82. The fourth-order valence-electron chi connectivity index (χ4n) is 5.84. The lowest BCUT2D eigenvalue weighted by atomic mass is 9.35. The SMILES string of the molecule is BC1(B)N(NC(=O)c2nn(-c3ccc(Cl)cc3Cl)c(-c3ccc(C#CCCC#N)cc3)c2C)C(B)(B)C(B)(B)S(=O)(=O)C1(B)B. The average molecular weight is 651 g/mol. The summed E-state index contributed by atoms with van der Waals surface area (Å²) in [5, 5.41) is 14.1. The van der Waals surface area contributed by atoms with E-state index in [2.05, 4.69) is 23.3 Å². The zero-order valence-corrected chi connectivity index (χ0v) is 29.5. The van der Waals surface area contributed by atoms with Gasteiger partial charge in [-0.1, -0.05) is 47.2 Å². The molecule has 0 spiro atoms. The fourth-order valence-corrected chi connectivity index (χ4v) is 9.10. The van der Waals surface area contributed by atoms with E-state index in [1.807, 2.05) is 62.6 Å². The quantitative estimate of drug-likeness (QED) is 0.171. The van der Waals surface area contributed by atoms with E-state index < -0.39 is 35.5 Å². The van der Waals surface area contributed by atoms with Gasteiger partial charge in [-0.2, -0.15) is 10.4 Å². The summed E-state index contributed by atoms with van der Waals surface area (Å²) in [7, 11) is 10.5. The van der Waals surface area contributed by atoms with Gasteiger partial charge >= 0.3 is 0 Å². The maximum atomic E-state index is 14.2. The molecule has 45 heavy (non-hydrogen) atoms. The van der Waals surface area contributed by atoms with Crippen molar-refractivity contribution in [2.24, 2.45) is 0 Å². The van der Waals surface area contributed by atoms with Crippen molar-refractivity contribution in [1.82, 2.24) is 20.2 Å². The van der Waals surface area contributed by atoms with Gasteiger partial charge in [0.1, 0.15) is 72.6 Å². The summed E-state index contributed by atoms with van der Waals surface area (Å²) < 4.78 is 27.0. The highest BCUT2D eigenvalue weighted by molar-refractivity contribution is 7.99. The van der Waals surface area contributed by atoms with Crippen molar-refractivity contribution in [2.45, 2.75) is 39.5 Å². The molecule has 0 radical (unpaired) electrons. The van der Waals surface area contributed by atoms with E-state index in [-0.39, 0.29) is 5.69 Å². The Balaban J connectivity index is 1.85. The number of halogens is 2. The molecule has 0 unspecified atom stereocenters. The third-order valence-corrected chi connectivity index (χ3v) is 14.1. The molecule has 0 atom stereocenters. The summed E-state index contributed by atoms with van der Waals surface area (Å²) in [5.41, 5.74) is 6.58. The number of nitrogens with one attached hydrogen (secondary N) is 1. The minimum Gasteiger partial charge on any atom is -0.285 e. The first-order valence-corrected chi connectivity index (χ1v) is 16.8. The van der Waals surface area contributed by atoms with E-state index in [1.54, 1.807) is 59.3 Å². The van der Waals surface area contributed by atoms with Gasteiger partial charge in [-0.15, -0.1) is 0 Å². The molecule has 3 aromatic rings. The number of sulfone groups is 1. The number of aromatic nitrogens is 2. The van der Waals surface area contributed by atoms with E-state index in [4.69, 9.17) is 33.6 Å². The van der Waals surface area contributed by atoms with Crippen LogP contribution in [0.2, 0.25) is 10.0 Å². The smallest absolute Gasteiger partial charge is 0.285 e. The zero-order valence-electron chi connectivity index (χ0n) is 27.1. The molecule has 1 N–H and O–H groups in total. The lowest BCUT2D eigenvalue weighted by Crippen LogP contribution is -2.90. The summed E-state index contributed by atoms with van der Waals surface area (Å²) >= 11 is 12.8. The highest BCUT2D eigenvalue weighted by Crippen LogP contribution is 2.44. The molecule has 1 saturated heterocycles. The molecule has 2 aromatic carbocycles. The van der Waals surface area contributed by atoms with Crippen molar-refractivity contribution in [2.75, 3.05) is 0 Å². The molecular weight excluding hydrogens is 620 g/mol. The second-order valence-corrected chi connectivity index (χ2v) is 17.2. The summed E-state index contributed by atoms with van der Waals surface area (Å²) in [6.07, 6.45) is 0.856. The Morgan fingerprint density at radius 3 is 2.07 bits per heavy atom. The molecule has 222 valence electrons. The Bertz CT molecular complexity index is 1870. The first-order chi connectivity index (χ1) is 20.7. The molecule has 2 heterocycles. The lowest BCUT2D eigenvalue weighted by Gasteiger charge is -2.67. The number of rotatable bonds is 5. The van der Waals surface area contributed by atoms with Crippen LogP contribution in [0.1, 0.15) is 34.5 Å². The van der Waals surface area contributed by atoms with Crippen molar-refractivity contribution in [1.29, 1.82) is 5.26 Å². The molecule has 8 nitrogen and oxygen atoms in total. The van der Waals surface area contributed by atoms with Crippen LogP contribution in [0.5, 0.6) is 0 Å². The highest BCUT2D eigenvalue weighted by Gasteiger charge is 2.67. The van der Waals surface area contributed by atoms with Crippen LogP contribution in [0.15, 0.2) is 42.5 Å². The van der Waals surface area contributed by atoms with Crippen LogP contribution in [0, 0.1) is 30.1 Å². The van der Waals surface area contributed by atoms with Gasteiger partial charge in [-0.25, -0.2) is 18.1 Å². The number of carbonyl (C=O) groups is 1. The maximum Gasteiger partial charge on any atom is 0.286 e. The minimum atomic E-state index is -3.65. The Labute approximate surface area is 282 Å². The monoisotopic (exact) mass is 651 g/mol. The van der Waals surface area contributed by atoms with Gasteiger partial charge in [0.15, 0.2) is 5.69 Å². The number of nitriles is 1. The standard InChI is InChI=1S/C26H31B8Cl2N5O3S/c1-14-20(22(42)39-41-23(27,28)25(31,32)45(43,44)26(33,34)24(41,29)30)38-40(19-11-10-17(35)13-18(19)36)21(14)16-8-6-15(7-9-16)5-3-2-4-12-37/h6-11,13H,2,4,27-34H2,1H3,(H,39,42). The molecular formula is C26H31B8Cl2N5O3S. The van der Waals surface area contributed by atoms with Gasteiger partial charge in [0, 0.05) is 43.6 Å². The van der Waals surface area contributed by atoms with Crippen LogP contribution in [0.25, 0.3) is 16.9 Å². The van der Waals surface area contributed by atoms with Gasteiger partial charge < -0.3 is 0 Å². The number of unbranched alkanes of at least 4 members (excludes halogenated alkanes) is 1. The van der Waals surface area contributed by atoms with E-state index in [0.29, 0.717) is 39.8 Å². The van der Waals surface area contributed by atoms with Crippen LogP contribution < -0.4 is 5.43 Å². The number of hydrogen-bond acceptors (Lipinski definition) is 6. The molecule has 1 fully saturated rings. The van der Waals surface area contributed by atoms with Crippen LogP contribution >= 0.6 is 23.2 Å². The number of hydrogen-bond donors (Lipinski definition) is 1. The van der Waals surface area contributed by atoms with Gasteiger partial charge in [-0.05, 0) is 47.9 Å². The molecule has 1 aliphatic heterocycles. The number of hydrazine groups is 1. The number of amides is 1. The molecule has 1 amide bonds. The predicted octanol–water partition coefficient (Wildman–Crippen LogP) is -4.13. The van der Waals surface area contributed by atoms with Crippen molar-refractivity contribution in [3.8, 4) is 34.9 Å². The summed E-state index contributed by atoms with van der Waals surface area (Å²) in [6.45, 7) is 1.82. The Morgan fingerprint density at radius 2 is 1.53 bits per heavy atom. The first kappa shape index (κ1) is 35.0. The van der Waals surface area contributed by atoms with Gasteiger partial charge in [0.25, 0.3) is 5.91 Å². The van der Waals surface area contributed by atoms with Crippen LogP contribution in [-0.2, 0) is 9.84 Å². The van der Waals surface area contributed by atoms with Crippen LogP contribution in [-0.4, -0.2) is 112 Å². The lowest BCUT2D eigenvalue weighted by molar-refractivity contribution is 0.0583. The van der Waals surface area contributed by atoms with Crippen molar-refractivity contribution in [3.63, 3.8) is 0 Å². The van der Waals surface area contributed by atoms with Crippen LogP contribution in [0.3, 0.4) is 0 Å². The molecule has 1 aromatic heterocycles. The number of carbonyl (C=O) groups excluding carboxylic acids is 1. The first-order valence-electron chi connectivity index (χ1n) is 14.6. The summed E-state index contributed by atoms with van der Waals surface area (Å²) in [5.74, 6) is 5.58. The van der Waals surface area contributed by atoms with Crippen molar-refractivity contribution < 1.29 is 13.2 Å². The normalized spacial score (nSPS) is 19.0. The van der Waals surface area contributed by atoms with Crippen molar-refractivity contribution in [3.05, 3.63) is 69.3 Å². The number of benzene rings is 2. The van der Waals surface area contributed by atoms with E-state index in [1.165, 1.54) is 0 Å². The molecule has 4 rings (SSSR count). The topological polar surface area (TPSA) is 108 Å². The molecule has 0 saturated carbocycles. The third-order valence-electron chi connectivity index (χ3n) is 9.85. The largest absolute Gasteiger partial charge is 0.286 e. The third kappa shape index (κ3) is 5.61. The molecule has 1 aliphatic rings.